The normalized spacial score (nSPS) is 16.6. The molecule has 4 rings (SSSR count). The van der Waals surface area contributed by atoms with E-state index in [4.69, 9.17) is 5.73 Å². The smallest absolute Gasteiger partial charge is 0.282 e. The van der Waals surface area contributed by atoms with E-state index in [-0.39, 0.29) is 17.3 Å². The van der Waals surface area contributed by atoms with Gasteiger partial charge in [0.25, 0.3) is 5.56 Å². The van der Waals surface area contributed by atoms with Crippen LogP contribution in [0.15, 0.2) is 58.3 Å². The third kappa shape index (κ3) is 2.13. The van der Waals surface area contributed by atoms with Crippen LogP contribution in [-0.2, 0) is 0 Å². The van der Waals surface area contributed by atoms with Crippen molar-refractivity contribution >= 4 is 22.8 Å². The largest absolute Gasteiger partial charge is 0.370 e. The lowest BCUT2D eigenvalue weighted by atomic mass is 10.1. The first-order valence-corrected chi connectivity index (χ1v) is 7.00. The van der Waals surface area contributed by atoms with E-state index in [1.54, 1.807) is 28.8 Å². The second-order valence-corrected chi connectivity index (χ2v) is 5.19. The van der Waals surface area contributed by atoms with Crippen LogP contribution in [0.3, 0.4) is 0 Å². The molecule has 2 aromatic carbocycles. The maximum atomic E-state index is 13.2. The molecule has 0 radical (unpaired) electrons. The minimum atomic E-state index is -0.523. The predicted octanol–water partition coefficient (Wildman–Crippen LogP) is 1.82. The van der Waals surface area contributed by atoms with Gasteiger partial charge in [-0.05, 0) is 29.8 Å². The van der Waals surface area contributed by atoms with Crippen molar-refractivity contribution in [2.45, 2.75) is 6.17 Å². The Morgan fingerprint density at radius 2 is 1.87 bits per heavy atom. The Kier molecular flexibility index (Phi) is 2.87. The van der Waals surface area contributed by atoms with E-state index in [1.165, 1.54) is 12.1 Å². The number of para-hydroxylation sites is 1. The molecule has 0 aliphatic carbocycles. The number of nitrogens with zero attached hydrogens (tertiary/aromatic N) is 3. The van der Waals surface area contributed by atoms with Crippen LogP contribution in [0.5, 0.6) is 0 Å². The number of guanidine groups is 1. The quantitative estimate of drug-likeness (QED) is 0.718. The van der Waals surface area contributed by atoms with Crippen molar-refractivity contribution in [3.63, 3.8) is 0 Å². The summed E-state index contributed by atoms with van der Waals surface area (Å²) in [5.74, 6) is 0.139. The number of aromatic nitrogens is 2. The Labute approximate surface area is 130 Å². The number of hydrogen-bond acceptors (Lipinski definition) is 5. The number of hydrogen-bond donors (Lipinski definition) is 2. The van der Waals surface area contributed by atoms with E-state index < -0.39 is 6.17 Å². The molecular weight excluding hydrogens is 297 g/mol. The molecule has 0 unspecified atom stereocenters. The number of anilines is 1. The number of fused-ring (bicyclic) bond motifs is 3. The van der Waals surface area contributed by atoms with Crippen LogP contribution in [-0.4, -0.2) is 15.5 Å². The number of benzene rings is 2. The summed E-state index contributed by atoms with van der Waals surface area (Å²) in [4.78, 5) is 20.6. The lowest BCUT2D eigenvalue weighted by Crippen LogP contribution is -2.34. The number of aliphatic imine (C=N–C) groups is 1. The van der Waals surface area contributed by atoms with Crippen molar-refractivity contribution in [3.8, 4) is 0 Å². The van der Waals surface area contributed by atoms with Gasteiger partial charge in [0.1, 0.15) is 5.82 Å². The van der Waals surface area contributed by atoms with E-state index in [2.05, 4.69) is 15.3 Å². The summed E-state index contributed by atoms with van der Waals surface area (Å²) in [5.41, 5.74) is 6.89. The van der Waals surface area contributed by atoms with Crippen LogP contribution < -0.4 is 16.6 Å². The van der Waals surface area contributed by atoms with Gasteiger partial charge in [0, 0.05) is 0 Å². The first-order valence-electron chi connectivity index (χ1n) is 7.00. The topological polar surface area (TPSA) is 85.3 Å². The highest BCUT2D eigenvalue weighted by atomic mass is 19.1. The number of nitrogens with two attached hydrogens (primary N) is 1. The van der Waals surface area contributed by atoms with E-state index in [9.17, 15) is 9.18 Å². The summed E-state index contributed by atoms with van der Waals surface area (Å²) in [6, 6.07) is 13.1. The van der Waals surface area contributed by atoms with Crippen molar-refractivity contribution in [2.75, 3.05) is 5.32 Å². The lowest BCUT2D eigenvalue weighted by molar-refractivity contribution is 0.604. The fourth-order valence-electron chi connectivity index (χ4n) is 2.72. The Morgan fingerprint density at radius 1 is 1.13 bits per heavy atom. The van der Waals surface area contributed by atoms with Crippen LogP contribution in [0.2, 0.25) is 0 Å². The Morgan fingerprint density at radius 3 is 2.65 bits per heavy atom. The molecule has 1 aliphatic heterocycles. The zero-order chi connectivity index (χ0) is 16.0. The lowest BCUT2D eigenvalue weighted by Gasteiger charge is -2.27. The molecule has 6 nitrogen and oxygen atoms in total. The van der Waals surface area contributed by atoms with Crippen LogP contribution in [0, 0.1) is 5.82 Å². The van der Waals surface area contributed by atoms with Crippen molar-refractivity contribution in [2.24, 2.45) is 10.7 Å². The van der Waals surface area contributed by atoms with Gasteiger partial charge in [-0.15, -0.1) is 0 Å². The van der Waals surface area contributed by atoms with Crippen molar-refractivity contribution in [3.05, 3.63) is 70.3 Å². The second-order valence-electron chi connectivity index (χ2n) is 5.19. The molecule has 0 fully saturated rings. The molecule has 0 amide bonds. The molecule has 0 saturated carbocycles. The Hall–Kier alpha value is -3.22. The fourth-order valence-corrected chi connectivity index (χ4v) is 2.72. The third-order valence-corrected chi connectivity index (χ3v) is 3.74. The molecule has 1 atom stereocenters. The monoisotopic (exact) mass is 309 g/mol. The zero-order valence-corrected chi connectivity index (χ0v) is 11.9. The van der Waals surface area contributed by atoms with Gasteiger partial charge in [0.15, 0.2) is 12.1 Å². The molecule has 0 spiro atoms. The summed E-state index contributed by atoms with van der Waals surface area (Å²) in [6.45, 7) is 0. The van der Waals surface area contributed by atoms with Crippen LogP contribution in [0.25, 0.3) is 10.9 Å². The second kappa shape index (κ2) is 4.91. The van der Waals surface area contributed by atoms with Gasteiger partial charge in [-0.2, -0.15) is 4.98 Å². The molecule has 114 valence electrons. The maximum Gasteiger partial charge on any atom is 0.282 e. The highest BCUT2D eigenvalue weighted by Crippen LogP contribution is 2.29. The number of halogens is 1. The van der Waals surface area contributed by atoms with Gasteiger partial charge in [0.2, 0.25) is 5.95 Å². The minimum Gasteiger partial charge on any atom is -0.370 e. The zero-order valence-electron chi connectivity index (χ0n) is 11.9. The van der Waals surface area contributed by atoms with Gasteiger partial charge in [-0.25, -0.2) is 9.38 Å². The van der Waals surface area contributed by atoms with E-state index >= 15 is 0 Å². The molecule has 0 saturated heterocycles. The number of rotatable bonds is 1. The average Bonchev–Trinajstić information content (AvgIpc) is 2.55. The van der Waals surface area contributed by atoms with Gasteiger partial charge in [-0.3, -0.25) is 14.7 Å². The highest BCUT2D eigenvalue weighted by Gasteiger charge is 2.24. The molecular formula is C16H12FN5O. The molecule has 23 heavy (non-hydrogen) atoms. The standard InChI is InChI=1S/C16H12FN5O/c17-10-7-5-9(6-8-10)13-19-15(18)21-16-20-14(23)11-3-1-2-4-12(11)22(13)16/h1-8,13H,(H3,18,19,20,21,23)/t13-/m1/s1. The van der Waals surface area contributed by atoms with Gasteiger partial charge in [-0.1, -0.05) is 24.3 Å². The Bertz CT molecular complexity index is 994. The van der Waals surface area contributed by atoms with Crippen LogP contribution >= 0.6 is 0 Å². The fraction of sp³-hybridized carbons (Fsp3) is 0.0625. The minimum absolute atomic E-state index is 0.154. The van der Waals surface area contributed by atoms with E-state index in [1.807, 2.05) is 12.1 Å². The molecule has 7 heteroatoms. The first-order chi connectivity index (χ1) is 11.1. The molecule has 1 aliphatic rings. The van der Waals surface area contributed by atoms with Crippen LogP contribution in [0.4, 0.5) is 10.3 Å². The van der Waals surface area contributed by atoms with Gasteiger partial charge < -0.3 is 5.73 Å². The summed E-state index contributed by atoms with van der Waals surface area (Å²) in [5, 5.41) is 3.30. The van der Waals surface area contributed by atoms with Crippen molar-refractivity contribution in [1.82, 2.24) is 9.55 Å². The van der Waals surface area contributed by atoms with Crippen molar-refractivity contribution < 1.29 is 4.39 Å². The third-order valence-electron chi connectivity index (χ3n) is 3.74. The average molecular weight is 309 g/mol. The van der Waals surface area contributed by atoms with E-state index in [0.29, 0.717) is 16.9 Å². The van der Waals surface area contributed by atoms with Gasteiger partial charge >= 0.3 is 0 Å². The summed E-state index contributed by atoms with van der Waals surface area (Å²) in [7, 11) is 0. The molecule has 1 aromatic heterocycles. The molecule has 2 heterocycles. The predicted molar refractivity (Wildman–Crippen MR) is 85.8 cm³/mol. The van der Waals surface area contributed by atoms with Gasteiger partial charge in [0.05, 0.1) is 10.9 Å². The molecule has 0 bridgehead atoms. The van der Waals surface area contributed by atoms with Crippen LogP contribution in [0.1, 0.15) is 11.7 Å². The summed E-state index contributed by atoms with van der Waals surface area (Å²) >= 11 is 0. The van der Waals surface area contributed by atoms with Crippen molar-refractivity contribution in [1.29, 1.82) is 0 Å². The molecule has 3 N–H and O–H groups in total. The summed E-state index contributed by atoms with van der Waals surface area (Å²) in [6.07, 6.45) is -0.523. The maximum absolute atomic E-state index is 13.2. The Balaban J connectivity index is 2.03. The van der Waals surface area contributed by atoms with E-state index in [0.717, 1.165) is 5.56 Å². The first kappa shape index (κ1) is 13.4. The molecule has 3 aromatic rings. The highest BCUT2D eigenvalue weighted by molar-refractivity contribution is 5.93. The SMILES string of the molecule is NC1=N[C@@H](c2ccc(F)cc2)n2c(nc(=O)c3ccccc32)N1. The summed E-state index contributed by atoms with van der Waals surface area (Å²) < 4.78 is 15.0. The number of nitrogens with one attached hydrogen (secondary N) is 1.